The first-order chi connectivity index (χ1) is 13.1. The van der Waals surface area contributed by atoms with Crippen LogP contribution in [-0.2, 0) is 6.54 Å². The Hall–Kier alpha value is -2.93. The van der Waals surface area contributed by atoms with Crippen molar-refractivity contribution in [1.82, 2.24) is 4.90 Å². The van der Waals surface area contributed by atoms with Gasteiger partial charge in [-0.25, -0.2) is 0 Å². The van der Waals surface area contributed by atoms with Crippen LogP contribution >= 0.6 is 0 Å². The number of anilines is 1. The standard InChI is InChI=1S/C20H23N3O4/c1-2-27-19-10-7-16(13-18(19)23(25)26)20(24)21-17-8-5-15(6-9-17)14-22-11-3-4-12-22/h5-10,13H,2-4,11-12,14H2,1H3,(H,21,24). The van der Waals surface area contributed by atoms with Gasteiger partial charge in [0, 0.05) is 23.9 Å². The van der Waals surface area contributed by atoms with Crippen LogP contribution in [0.1, 0.15) is 35.7 Å². The van der Waals surface area contributed by atoms with Crippen LogP contribution in [-0.4, -0.2) is 35.4 Å². The first-order valence-electron chi connectivity index (χ1n) is 9.10. The maximum absolute atomic E-state index is 12.4. The Morgan fingerprint density at radius 1 is 1.19 bits per heavy atom. The highest BCUT2D eigenvalue weighted by Crippen LogP contribution is 2.28. The minimum Gasteiger partial charge on any atom is -0.487 e. The molecule has 0 aromatic heterocycles. The summed E-state index contributed by atoms with van der Waals surface area (Å²) in [4.78, 5) is 25.5. The third-order valence-corrected chi connectivity index (χ3v) is 4.53. The molecule has 1 saturated heterocycles. The molecule has 1 N–H and O–H groups in total. The summed E-state index contributed by atoms with van der Waals surface area (Å²) in [7, 11) is 0. The van der Waals surface area contributed by atoms with Gasteiger partial charge >= 0.3 is 5.69 Å². The monoisotopic (exact) mass is 369 g/mol. The third kappa shape index (κ3) is 4.83. The zero-order valence-corrected chi connectivity index (χ0v) is 15.3. The van der Waals surface area contributed by atoms with Crippen molar-refractivity contribution in [3.63, 3.8) is 0 Å². The number of amides is 1. The third-order valence-electron chi connectivity index (χ3n) is 4.53. The molecule has 2 aromatic rings. The lowest BCUT2D eigenvalue weighted by Gasteiger charge is -2.14. The van der Waals surface area contributed by atoms with E-state index in [4.69, 9.17) is 4.74 Å². The van der Waals surface area contributed by atoms with Crippen molar-refractivity contribution in [2.45, 2.75) is 26.3 Å². The quantitative estimate of drug-likeness (QED) is 0.592. The lowest BCUT2D eigenvalue weighted by Crippen LogP contribution is -2.18. The van der Waals surface area contributed by atoms with Gasteiger partial charge in [-0.3, -0.25) is 19.8 Å². The number of nitro benzene ring substituents is 1. The summed E-state index contributed by atoms with van der Waals surface area (Å²) in [5.74, 6) is -0.237. The fraction of sp³-hybridized carbons (Fsp3) is 0.350. The van der Waals surface area contributed by atoms with Gasteiger partial charge in [0.2, 0.25) is 0 Å². The number of ether oxygens (including phenoxy) is 1. The van der Waals surface area contributed by atoms with E-state index < -0.39 is 10.8 Å². The van der Waals surface area contributed by atoms with Crippen molar-refractivity contribution in [2.75, 3.05) is 25.0 Å². The zero-order valence-electron chi connectivity index (χ0n) is 15.3. The highest BCUT2D eigenvalue weighted by Gasteiger charge is 2.19. The van der Waals surface area contributed by atoms with E-state index in [1.807, 2.05) is 24.3 Å². The van der Waals surface area contributed by atoms with Crippen LogP contribution in [0.4, 0.5) is 11.4 Å². The van der Waals surface area contributed by atoms with Crippen LogP contribution in [0.25, 0.3) is 0 Å². The van der Waals surface area contributed by atoms with Gasteiger partial charge in [-0.1, -0.05) is 12.1 Å². The molecule has 2 aromatic carbocycles. The van der Waals surface area contributed by atoms with E-state index in [9.17, 15) is 14.9 Å². The van der Waals surface area contributed by atoms with Crippen molar-refractivity contribution in [1.29, 1.82) is 0 Å². The largest absolute Gasteiger partial charge is 0.487 e. The smallest absolute Gasteiger partial charge is 0.311 e. The highest BCUT2D eigenvalue weighted by molar-refractivity contribution is 6.04. The molecule has 7 heteroatoms. The Kier molecular flexibility index (Phi) is 6.03. The molecule has 1 amide bonds. The van der Waals surface area contributed by atoms with Crippen LogP contribution in [0.5, 0.6) is 5.75 Å². The Labute approximate surface area is 158 Å². The van der Waals surface area contributed by atoms with E-state index in [2.05, 4.69) is 10.2 Å². The van der Waals surface area contributed by atoms with Crippen LogP contribution in [0, 0.1) is 10.1 Å². The predicted octanol–water partition coefficient (Wildman–Crippen LogP) is 3.84. The molecular formula is C20H23N3O4. The normalized spacial score (nSPS) is 14.1. The second-order valence-corrected chi connectivity index (χ2v) is 6.51. The molecule has 0 aliphatic carbocycles. The Morgan fingerprint density at radius 3 is 2.52 bits per heavy atom. The molecule has 1 aliphatic heterocycles. The molecule has 0 bridgehead atoms. The fourth-order valence-electron chi connectivity index (χ4n) is 3.17. The molecule has 3 rings (SSSR count). The number of carbonyl (C=O) groups is 1. The summed E-state index contributed by atoms with van der Waals surface area (Å²) in [6.45, 7) is 5.25. The zero-order chi connectivity index (χ0) is 19.2. The topological polar surface area (TPSA) is 84.7 Å². The molecule has 1 aliphatic rings. The van der Waals surface area contributed by atoms with E-state index >= 15 is 0 Å². The van der Waals surface area contributed by atoms with E-state index in [0.29, 0.717) is 12.3 Å². The first kappa shape index (κ1) is 18.8. The van der Waals surface area contributed by atoms with Gasteiger partial charge in [0.05, 0.1) is 11.5 Å². The van der Waals surface area contributed by atoms with Crippen LogP contribution in [0.3, 0.4) is 0 Å². The lowest BCUT2D eigenvalue weighted by atomic mass is 10.1. The maximum Gasteiger partial charge on any atom is 0.311 e. The van der Waals surface area contributed by atoms with Crippen LogP contribution in [0.15, 0.2) is 42.5 Å². The molecule has 0 atom stereocenters. The number of nitrogens with one attached hydrogen (secondary N) is 1. The number of likely N-dealkylation sites (tertiary alicyclic amines) is 1. The van der Waals surface area contributed by atoms with Gasteiger partial charge in [-0.05, 0) is 62.7 Å². The first-order valence-corrected chi connectivity index (χ1v) is 9.10. The second-order valence-electron chi connectivity index (χ2n) is 6.51. The summed E-state index contributed by atoms with van der Waals surface area (Å²) in [6, 6.07) is 11.9. The summed E-state index contributed by atoms with van der Waals surface area (Å²) in [5, 5.41) is 14.0. The predicted molar refractivity (Wildman–Crippen MR) is 103 cm³/mol. The summed E-state index contributed by atoms with van der Waals surface area (Å²) in [6.07, 6.45) is 2.50. The fourth-order valence-corrected chi connectivity index (χ4v) is 3.17. The van der Waals surface area contributed by atoms with E-state index in [1.54, 1.807) is 6.92 Å². The number of hydrogen-bond acceptors (Lipinski definition) is 5. The van der Waals surface area contributed by atoms with E-state index in [0.717, 1.165) is 19.6 Å². The summed E-state index contributed by atoms with van der Waals surface area (Å²) in [5.41, 5.74) is 1.85. The Morgan fingerprint density at radius 2 is 1.89 bits per heavy atom. The molecule has 27 heavy (non-hydrogen) atoms. The van der Waals surface area contributed by atoms with E-state index in [-0.39, 0.29) is 17.0 Å². The molecule has 0 saturated carbocycles. The average Bonchev–Trinajstić information content (AvgIpc) is 3.16. The number of nitro groups is 1. The maximum atomic E-state index is 12.4. The molecule has 0 radical (unpaired) electrons. The number of nitrogens with zero attached hydrogens (tertiary/aromatic N) is 2. The molecule has 0 unspecified atom stereocenters. The molecule has 1 heterocycles. The number of rotatable bonds is 7. The molecule has 1 fully saturated rings. The summed E-state index contributed by atoms with van der Waals surface area (Å²) >= 11 is 0. The van der Waals surface area contributed by atoms with Crippen molar-refractivity contribution in [2.24, 2.45) is 0 Å². The number of benzene rings is 2. The van der Waals surface area contributed by atoms with Crippen molar-refractivity contribution in [3.05, 3.63) is 63.7 Å². The Balaban J connectivity index is 1.67. The molecule has 7 nitrogen and oxygen atoms in total. The van der Waals surface area contributed by atoms with Crippen molar-refractivity contribution >= 4 is 17.3 Å². The average molecular weight is 369 g/mol. The minimum atomic E-state index is -0.547. The van der Waals surface area contributed by atoms with Gasteiger partial charge in [-0.2, -0.15) is 0 Å². The lowest BCUT2D eigenvalue weighted by molar-refractivity contribution is -0.385. The summed E-state index contributed by atoms with van der Waals surface area (Å²) < 4.78 is 5.24. The van der Waals surface area contributed by atoms with Gasteiger partial charge in [0.15, 0.2) is 5.75 Å². The van der Waals surface area contributed by atoms with Crippen LogP contribution < -0.4 is 10.1 Å². The van der Waals surface area contributed by atoms with Gasteiger partial charge in [-0.15, -0.1) is 0 Å². The van der Waals surface area contributed by atoms with Crippen molar-refractivity contribution in [3.8, 4) is 5.75 Å². The van der Waals surface area contributed by atoms with Gasteiger partial charge in [0.1, 0.15) is 0 Å². The van der Waals surface area contributed by atoms with E-state index in [1.165, 1.54) is 36.6 Å². The second kappa shape index (κ2) is 8.64. The molecule has 142 valence electrons. The molecule has 0 spiro atoms. The van der Waals surface area contributed by atoms with Gasteiger partial charge < -0.3 is 10.1 Å². The van der Waals surface area contributed by atoms with Crippen molar-refractivity contribution < 1.29 is 14.5 Å². The number of hydrogen-bond donors (Lipinski definition) is 1. The number of carbonyl (C=O) groups excluding carboxylic acids is 1. The SMILES string of the molecule is CCOc1ccc(C(=O)Nc2ccc(CN3CCCC3)cc2)cc1[N+](=O)[O-]. The highest BCUT2D eigenvalue weighted by atomic mass is 16.6. The van der Waals surface area contributed by atoms with Crippen LogP contribution in [0.2, 0.25) is 0 Å². The van der Waals surface area contributed by atoms with Gasteiger partial charge in [0.25, 0.3) is 5.91 Å². The Bertz CT molecular complexity index is 814. The minimum absolute atomic E-state index is 0.158. The molecular weight excluding hydrogens is 346 g/mol.